The van der Waals surface area contributed by atoms with Crippen LogP contribution in [0.2, 0.25) is 10.0 Å². The Morgan fingerprint density at radius 2 is 1.63 bits per heavy atom. The van der Waals surface area contributed by atoms with Gasteiger partial charge in [-0.3, -0.25) is 18.5 Å². The van der Waals surface area contributed by atoms with Crippen LogP contribution in [-0.4, -0.2) is 56.3 Å². The van der Waals surface area contributed by atoms with Crippen molar-refractivity contribution in [3.8, 4) is 0 Å². The number of fused-ring (bicyclic) bond motifs is 1. The smallest absolute Gasteiger partial charge is 0.332 e. The third-order valence-electron chi connectivity index (χ3n) is 5.81. The minimum Gasteiger partial charge on any atom is -0.340 e. The Bertz CT molecular complexity index is 1200. The quantitative estimate of drug-likeness (QED) is 0.607. The highest BCUT2D eigenvalue weighted by molar-refractivity contribution is 6.36. The van der Waals surface area contributed by atoms with Gasteiger partial charge in [0.15, 0.2) is 11.2 Å². The molecule has 0 unspecified atom stereocenters. The van der Waals surface area contributed by atoms with Crippen molar-refractivity contribution in [2.24, 2.45) is 14.1 Å². The van der Waals surface area contributed by atoms with Crippen molar-refractivity contribution in [1.82, 2.24) is 23.6 Å². The summed E-state index contributed by atoms with van der Waals surface area (Å²) in [4.78, 5) is 34.8. The maximum Gasteiger partial charge on any atom is 0.332 e. The Balaban J connectivity index is 1.93. The molecule has 1 aromatic carbocycles. The van der Waals surface area contributed by atoms with Gasteiger partial charge >= 0.3 is 5.69 Å². The Hall–Kier alpha value is -2.29. The van der Waals surface area contributed by atoms with Crippen molar-refractivity contribution in [2.75, 3.05) is 37.6 Å². The summed E-state index contributed by atoms with van der Waals surface area (Å²) in [6.45, 7) is 6.79. The monoisotopic (exact) mass is 450 g/mol. The zero-order valence-electron chi connectivity index (χ0n) is 17.2. The van der Waals surface area contributed by atoms with Crippen molar-refractivity contribution in [3.63, 3.8) is 0 Å². The summed E-state index contributed by atoms with van der Waals surface area (Å²) in [6.07, 6.45) is 0. The number of piperazine rings is 1. The summed E-state index contributed by atoms with van der Waals surface area (Å²) >= 11 is 12.8. The third-order valence-corrected chi connectivity index (χ3v) is 6.52. The first-order valence-electron chi connectivity index (χ1n) is 9.90. The molecule has 30 heavy (non-hydrogen) atoms. The molecule has 160 valence electrons. The third kappa shape index (κ3) is 3.42. The van der Waals surface area contributed by atoms with E-state index in [9.17, 15) is 9.59 Å². The minimum atomic E-state index is -0.407. The van der Waals surface area contributed by atoms with Gasteiger partial charge in [0.2, 0.25) is 5.95 Å². The number of likely N-dealkylation sites (N-methyl/N-ethyl adjacent to an activating group) is 1. The lowest BCUT2D eigenvalue weighted by Gasteiger charge is -2.34. The number of hydrogen-bond donors (Lipinski definition) is 0. The highest BCUT2D eigenvalue weighted by Crippen LogP contribution is 2.29. The standard InChI is InChI=1S/C20H24Cl2N6O2/c1-4-26-8-10-27(11-9-26)19-23-17-16(18(29)25(3)20(30)24(17)2)28(19)12-13-14(21)6-5-7-15(13)22/h5-7H,4,8-12H2,1-3H3. The van der Waals surface area contributed by atoms with Gasteiger partial charge in [0.1, 0.15) is 0 Å². The molecule has 8 nitrogen and oxygen atoms in total. The molecule has 0 radical (unpaired) electrons. The molecule has 10 heteroatoms. The number of aromatic nitrogens is 4. The van der Waals surface area contributed by atoms with Gasteiger partial charge in [-0.1, -0.05) is 36.2 Å². The van der Waals surface area contributed by atoms with E-state index >= 15 is 0 Å². The van der Waals surface area contributed by atoms with Crippen LogP contribution in [0.1, 0.15) is 12.5 Å². The molecule has 3 aromatic rings. The van der Waals surface area contributed by atoms with Crippen molar-refractivity contribution in [3.05, 3.63) is 54.6 Å². The number of halogens is 2. The Morgan fingerprint density at radius 1 is 1.00 bits per heavy atom. The van der Waals surface area contributed by atoms with E-state index in [-0.39, 0.29) is 12.1 Å². The van der Waals surface area contributed by atoms with Crippen molar-refractivity contribution < 1.29 is 0 Å². The predicted molar refractivity (Wildman–Crippen MR) is 120 cm³/mol. The first-order valence-corrected chi connectivity index (χ1v) is 10.7. The molecule has 0 atom stereocenters. The average Bonchev–Trinajstić information content (AvgIpc) is 3.13. The van der Waals surface area contributed by atoms with Crippen LogP contribution in [0.15, 0.2) is 27.8 Å². The molecule has 1 saturated heterocycles. The molecule has 0 spiro atoms. The fourth-order valence-electron chi connectivity index (χ4n) is 3.93. The zero-order valence-corrected chi connectivity index (χ0v) is 18.7. The number of hydrogen-bond acceptors (Lipinski definition) is 5. The fraction of sp³-hybridized carbons (Fsp3) is 0.450. The second-order valence-corrected chi connectivity index (χ2v) is 8.31. The lowest BCUT2D eigenvalue weighted by Crippen LogP contribution is -2.47. The van der Waals surface area contributed by atoms with E-state index in [0.29, 0.717) is 32.7 Å². The topological polar surface area (TPSA) is 68.3 Å². The summed E-state index contributed by atoms with van der Waals surface area (Å²) in [5.74, 6) is 0.648. The second-order valence-electron chi connectivity index (χ2n) is 7.50. The summed E-state index contributed by atoms with van der Waals surface area (Å²) < 4.78 is 4.35. The zero-order chi connectivity index (χ0) is 21.6. The van der Waals surface area contributed by atoms with Gasteiger partial charge in [0.25, 0.3) is 5.56 Å². The summed E-state index contributed by atoms with van der Waals surface area (Å²) in [7, 11) is 3.10. The maximum atomic E-state index is 13.1. The SMILES string of the molecule is CCN1CCN(c2nc3c(c(=O)n(C)c(=O)n3C)n2Cc2c(Cl)cccc2Cl)CC1. The molecule has 0 aliphatic carbocycles. The van der Waals surface area contributed by atoms with Crippen molar-refractivity contribution in [2.45, 2.75) is 13.5 Å². The highest BCUT2D eigenvalue weighted by Gasteiger charge is 2.26. The minimum absolute atomic E-state index is 0.284. The van der Waals surface area contributed by atoms with Crippen LogP contribution in [-0.2, 0) is 20.6 Å². The Kier molecular flexibility index (Phi) is 5.65. The van der Waals surface area contributed by atoms with Gasteiger partial charge in [0.05, 0.1) is 6.54 Å². The number of nitrogens with zero attached hydrogens (tertiary/aromatic N) is 6. The molecule has 2 aromatic heterocycles. The number of rotatable bonds is 4. The van der Waals surface area contributed by atoms with E-state index in [1.165, 1.54) is 11.6 Å². The molecular formula is C20H24Cl2N6O2. The molecular weight excluding hydrogens is 427 g/mol. The average molecular weight is 451 g/mol. The Labute approximate surface area is 183 Å². The van der Waals surface area contributed by atoms with Gasteiger partial charge < -0.3 is 9.80 Å². The maximum absolute atomic E-state index is 13.1. The van der Waals surface area contributed by atoms with Crippen LogP contribution in [0, 0.1) is 0 Å². The lowest BCUT2D eigenvalue weighted by atomic mass is 10.2. The van der Waals surface area contributed by atoms with Crippen LogP contribution in [0.3, 0.4) is 0 Å². The normalized spacial score (nSPS) is 15.3. The molecule has 0 bridgehead atoms. The summed E-state index contributed by atoms with van der Waals surface area (Å²) in [5.41, 5.74) is 0.643. The van der Waals surface area contributed by atoms with Gasteiger partial charge in [-0.2, -0.15) is 4.98 Å². The van der Waals surface area contributed by atoms with Gasteiger partial charge in [0, 0.05) is 55.9 Å². The Morgan fingerprint density at radius 3 is 2.23 bits per heavy atom. The molecule has 1 aliphatic heterocycles. The van der Waals surface area contributed by atoms with E-state index in [1.54, 1.807) is 25.2 Å². The van der Waals surface area contributed by atoms with E-state index < -0.39 is 5.69 Å². The second kappa shape index (κ2) is 8.09. The predicted octanol–water partition coefficient (Wildman–Crippen LogP) is 1.93. The molecule has 4 rings (SSSR count). The molecule has 0 N–H and O–H groups in total. The summed E-state index contributed by atoms with van der Waals surface area (Å²) in [6, 6.07) is 5.33. The highest BCUT2D eigenvalue weighted by atomic mass is 35.5. The first kappa shape index (κ1) is 21.0. The number of anilines is 1. The van der Waals surface area contributed by atoms with Crippen LogP contribution in [0.25, 0.3) is 11.2 Å². The van der Waals surface area contributed by atoms with E-state index in [4.69, 9.17) is 28.2 Å². The van der Waals surface area contributed by atoms with Gasteiger partial charge in [-0.25, -0.2) is 4.79 Å². The molecule has 3 heterocycles. The van der Waals surface area contributed by atoms with Crippen LogP contribution < -0.4 is 16.1 Å². The van der Waals surface area contributed by atoms with E-state index in [2.05, 4.69) is 16.7 Å². The number of imidazole rings is 1. The number of benzene rings is 1. The molecule has 1 fully saturated rings. The van der Waals surface area contributed by atoms with Crippen molar-refractivity contribution in [1.29, 1.82) is 0 Å². The fourth-order valence-corrected chi connectivity index (χ4v) is 4.45. The first-order chi connectivity index (χ1) is 14.3. The van der Waals surface area contributed by atoms with E-state index in [1.807, 2.05) is 4.57 Å². The summed E-state index contributed by atoms with van der Waals surface area (Å²) in [5, 5.41) is 1.04. The van der Waals surface area contributed by atoms with Crippen LogP contribution >= 0.6 is 23.2 Å². The van der Waals surface area contributed by atoms with Crippen LogP contribution in [0.5, 0.6) is 0 Å². The molecule has 0 amide bonds. The van der Waals surface area contributed by atoms with E-state index in [0.717, 1.165) is 37.3 Å². The van der Waals surface area contributed by atoms with Crippen LogP contribution in [0.4, 0.5) is 5.95 Å². The number of aryl methyl sites for hydroxylation is 1. The largest absolute Gasteiger partial charge is 0.340 e. The molecule has 0 saturated carbocycles. The van der Waals surface area contributed by atoms with Crippen molar-refractivity contribution >= 4 is 40.3 Å². The lowest BCUT2D eigenvalue weighted by molar-refractivity contribution is 0.269. The van der Waals surface area contributed by atoms with Gasteiger partial charge in [-0.15, -0.1) is 0 Å². The van der Waals surface area contributed by atoms with Gasteiger partial charge in [-0.05, 0) is 18.7 Å². The molecule has 1 aliphatic rings.